The molecular weight excluding hydrogens is 278 g/mol. The number of nitrogens with one attached hydrogen (secondary N) is 1. The van der Waals surface area contributed by atoms with Gasteiger partial charge in [-0.15, -0.1) is 0 Å². The fourth-order valence-corrected chi connectivity index (χ4v) is 2.26. The molecule has 0 saturated heterocycles. The Labute approximate surface area is 119 Å². The van der Waals surface area contributed by atoms with E-state index in [0.29, 0.717) is 17.9 Å². The van der Waals surface area contributed by atoms with E-state index in [9.17, 15) is 9.59 Å². The summed E-state index contributed by atoms with van der Waals surface area (Å²) in [7, 11) is 0. The molecule has 0 bridgehead atoms. The first-order valence-electron chi connectivity index (χ1n) is 5.92. The molecule has 0 fully saturated rings. The van der Waals surface area contributed by atoms with Crippen LogP contribution in [0.5, 0.6) is 0 Å². The number of carboxylic acids is 1. The van der Waals surface area contributed by atoms with E-state index in [0.717, 1.165) is 0 Å². The largest absolute Gasteiger partial charge is 0.477 e. The molecule has 0 radical (unpaired) electrons. The number of aryl methyl sites for hydroxylation is 1. The van der Waals surface area contributed by atoms with Crippen molar-refractivity contribution in [1.29, 1.82) is 0 Å². The lowest BCUT2D eigenvalue weighted by atomic mass is 10.1. The van der Waals surface area contributed by atoms with Gasteiger partial charge in [-0.2, -0.15) is 16.4 Å². The topological polar surface area (TPSA) is 84.2 Å². The van der Waals surface area contributed by atoms with Crippen LogP contribution in [0, 0.1) is 0 Å². The number of aliphatic carboxylic acids is 1. The van der Waals surface area contributed by atoms with Gasteiger partial charge in [0.25, 0.3) is 0 Å². The van der Waals surface area contributed by atoms with Gasteiger partial charge >= 0.3 is 5.97 Å². The molecule has 0 spiro atoms. The van der Waals surface area contributed by atoms with Crippen LogP contribution in [0.2, 0.25) is 0 Å². The average Bonchev–Trinajstić information content (AvgIpc) is 3.09. The number of carbonyl (C=O) groups excluding carboxylic acids is 1. The number of hydrogen-bond donors (Lipinski definition) is 2. The number of anilines is 1. The standard InChI is InChI=1S/C13H13N3O3S/c1-2-16-11(3-5-15-16)14-7-10(13(18)19)12(17)9-4-6-20-8-9/h3-8,14H,2H2,1H3,(H,18,19)/b10-7+. The zero-order valence-electron chi connectivity index (χ0n) is 10.7. The van der Waals surface area contributed by atoms with Crippen LogP contribution in [0.1, 0.15) is 17.3 Å². The fourth-order valence-electron chi connectivity index (χ4n) is 1.63. The molecule has 6 nitrogen and oxygen atoms in total. The summed E-state index contributed by atoms with van der Waals surface area (Å²) < 4.78 is 1.66. The molecule has 104 valence electrons. The van der Waals surface area contributed by atoms with Crippen LogP contribution in [0.25, 0.3) is 0 Å². The predicted octanol–water partition coefficient (Wildman–Crippen LogP) is 2.23. The van der Waals surface area contributed by atoms with Gasteiger partial charge in [-0.1, -0.05) is 0 Å². The van der Waals surface area contributed by atoms with Crippen LogP contribution in [-0.4, -0.2) is 26.6 Å². The molecule has 0 aliphatic carbocycles. The number of Topliss-reactive ketones (excluding diaryl/α,β-unsaturated/α-hetero) is 1. The Morgan fingerprint density at radius 2 is 2.30 bits per heavy atom. The molecule has 7 heteroatoms. The Hall–Kier alpha value is -2.41. The van der Waals surface area contributed by atoms with E-state index in [-0.39, 0.29) is 5.57 Å². The summed E-state index contributed by atoms with van der Waals surface area (Å²) in [5, 5.41) is 19.4. The summed E-state index contributed by atoms with van der Waals surface area (Å²) in [5.74, 6) is -1.16. The van der Waals surface area contributed by atoms with E-state index in [1.807, 2.05) is 6.92 Å². The molecule has 0 atom stereocenters. The monoisotopic (exact) mass is 291 g/mol. The van der Waals surface area contributed by atoms with Crippen molar-refractivity contribution in [2.75, 3.05) is 5.32 Å². The lowest BCUT2D eigenvalue weighted by molar-refractivity contribution is -0.132. The van der Waals surface area contributed by atoms with Crippen LogP contribution in [0.4, 0.5) is 5.82 Å². The van der Waals surface area contributed by atoms with E-state index in [2.05, 4.69) is 10.4 Å². The first-order chi connectivity index (χ1) is 9.63. The molecule has 2 aromatic rings. The summed E-state index contributed by atoms with van der Waals surface area (Å²) in [4.78, 5) is 23.3. The number of thiophene rings is 1. The Kier molecular flexibility index (Phi) is 4.31. The lowest BCUT2D eigenvalue weighted by Crippen LogP contribution is -2.14. The van der Waals surface area contributed by atoms with Crippen LogP contribution >= 0.6 is 11.3 Å². The van der Waals surface area contributed by atoms with E-state index >= 15 is 0 Å². The van der Waals surface area contributed by atoms with E-state index < -0.39 is 11.8 Å². The second-order valence-electron chi connectivity index (χ2n) is 3.88. The van der Waals surface area contributed by atoms with Crippen molar-refractivity contribution in [3.8, 4) is 0 Å². The molecule has 0 aliphatic heterocycles. The third kappa shape index (κ3) is 2.94. The number of carboxylic acid groups (broad SMARTS) is 1. The lowest BCUT2D eigenvalue weighted by Gasteiger charge is -2.05. The van der Waals surface area contributed by atoms with Gasteiger partial charge in [0, 0.05) is 29.8 Å². The minimum absolute atomic E-state index is 0.313. The molecule has 2 rings (SSSR count). The summed E-state index contributed by atoms with van der Waals surface area (Å²) in [6.07, 6.45) is 2.80. The first-order valence-corrected chi connectivity index (χ1v) is 6.86. The number of ketones is 1. The Morgan fingerprint density at radius 1 is 1.50 bits per heavy atom. The summed E-state index contributed by atoms with van der Waals surface area (Å²) in [5.41, 5.74) is 0.0571. The highest BCUT2D eigenvalue weighted by Crippen LogP contribution is 2.13. The zero-order valence-corrected chi connectivity index (χ0v) is 11.6. The molecule has 0 aromatic carbocycles. The van der Waals surface area contributed by atoms with Gasteiger partial charge in [0.2, 0.25) is 5.78 Å². The van der Waals surface area contributed by atoms with Crippen molar-refractivity contribution < 1.29 is 14.7 Å². The van der Waals surface area contributed by atoms with Gasteiger partial charge in [-0.25, -0.2) is 9.48 Å². The molecular formula is C13H13N3O3S. The SMILES string of the molecule is CCn1nccc1N/C=C(/C(=O)O)C(=O)c1ccsc1. The Morgan fingerprint density at radius 3 is 2.90 bits per heavy atom. The average molecular weight is 291 g/mol. The van der Waals surface area contributed by atoms with Gasteiger partial charge in [-0.3, -0.25) is 4.79 Å². The van der Waals surface area contributed by atoms with Gasteiger partial charge < -0.3 is 10.4 Å². The van der Waals surface area contributed by atoms with Crippen molar-refractivity contribution in [2.24, 2.45) is 0 Å². The molecule has 2 heterocycles. The number of aromatic nitrogens is 2. The number of hydrogen-bond acceptors (Lipinski definition) is 5. The minimum atomic E-state index is -1.27. The Bertz CT molecular complexity index is 644. The highest BCUT2D eigenvalue weighted by molar-refractivity contribution is 7.08. The third-order valence-electron chi connectivity index (χ3n) is 2.64. The first kappa shape index (κ1) is 14.0. The molecule has 0 saturated carbocycles. The highest BCUT2D eigenvalue weighted by Gasteiger charge is 2.19. The fraction of sp³-hybridized carbons (Fsp3) is 0.154. The number of nitrogens with zero attached hydrogens (tertiary/aromatic N) is 2. The van der Waals surface area contributed by atoms with E-state index in [1.165, 1.54) is 17.5 Å². The van der Waals surface area contributed by atoms with Crippen LogP contribution in [0.15, 0.2) is 40.9 Å². The third-order valence-corrected chi connectivity index (χ3v) is 3.32. The van der Waals surface area contributed by atoms with Crippen molar-refractivity contribution in [2.45, 2.75) is 13.5 Å². The number of rotatable bonds is 6. The van der Waals surface area contributed by atoms with Crippen molar-refractivity contribution in [3.63, 3.8) is 0 Å². The second-order valence-corrected chi connectivity index (χ2v) is 4.66. The van der Waals surface area contributed by atoms with Gasteiger partial charge in [-0.05, 0) is 18.4 Å². The van der Waals surface area contributed by atoms with Crippen LogP contribution in [0.3, 0.4) is 0 Å². The van der Waals surface area contributed by atoms with E-state index in [4.69, 9.17) is 5.11 Å². The summed E-state index contributed by atoms with van der Waals surface area (Å²) in [6.45, 7) is 2.56. The van der Waals surface area contributed by atoms with Crippen LogP contribution < -0.4 is 5.32 Å². The van der Waals surface area contributed by atoms with Gasteiger partial charge in [0.15, 0.2) is 0 Å². The molecule has 0 amide bonds. The summed E-state index contributed by atoms with van der Waals surface area (Å²) in [6, 6.07) is 3.30. The summed E-state index contributed by atoms with van der Waals surface area (Å²) >= 11 is 1.34. The maximum Gasteiger partial charge on any atom is 0.341 e. The zero-order chi connectivity index (χ0) is 14.5. The van der Waals surface area contributed by atoms with Gasteiger partial charge in [0.05, 0.1) is 6.20 Å². The quantitative estimate of drug-likeness (QED) is 0.369. The maximum absolute atomic E-state index is 12.1. The molecule has 2 aromatic heterocycles. The smallest absolute Gasteiger partial charge is 0.341 e. The van der Waals surface area contributed by atoms with Crippen molar-refractivity contribution in [3.05, 3.63) is 46.4 Å². The van der Waals surface area contributed by atoms with Crippen molar-refractivity contribution in [1.82, 2.24) is 9.78 Å². The molecule has 20 heavy (non-hydrogen) atoms. The molecule has 0 unspecified atom stereocenters. The molecule has 2 N–H and O–H groups in total. The van der Waals surface area contributed by atoms with Gasteiger partial charge in [0.1, 0.15) is 11.4 Å². The second kappa shape index (κ2) is 6.16. The normalized spacial score (nSPS) is 11.3. The van der Waals surface area contributed by atoms with E-state index in [1.54, 1.807) is 33.8 Å². The highest BCUT2D eigenvalue weighted by atomic mass is 32.1. The van der Waals surface area contributed by atoms with Crippen LogP contribution in [-0.2, 0) is 11.3 Å². The maximum atomic E-state index is 12.1. The predicted molar refractivity (Wildman–Crippen MR) is 75.9 cm³/mol. The van der Waals surface area contributed by atoms with Crippen molar-refractivity contribution >= 4 is 28.9 Å². The Balaban J connectivity index is 2.23. The molecule has 0 aliphatic rings. The number of carbonyl (C=O) groups is 2. The minimum Gasteiger partial charge on any atom is -0.477 e.